The molecular weight excluding hydrogens is 290 g/mol. The third-order valence-corrected chi connectivity index (χ3v) is 3.85. The van der Waals surface area contributed by atoms with E-state index in [0.717, 1.165) is 0 Å². The molecule has 0 fully saturated rings. The molecule has 0 aromatic heterocycles. The highest BCUT2D eigenvalue weighted by Crippen LogP contribution is 2.28. The maximum Gasteiger partial charge on any atom is 0.238 e. The summed E-state index contributed by atoms with van der Waals surface area (Å²) in [5.74, 6) is 0.242. The second-order valence-corrected chi connectivity index (χ2v) is 6.23. The molecule has 0 aliphatic carbocycles. The van der Waals surface area contributed by atoms with E-state index in [1.165, 1.54) is 24.3 Å². The normalized spacial score (nSPS) is 12.0. The van der Waals surface area contributed by atoms with Gasteiger partial charge in [-0.1, -0.05) is 0 Å². The van der Waals surface area contributed by atoms with E-state index >= 15 is 0 Å². The van der Waals surface area contributed by atoms with Gasteiger partial charge in [0.2, 0.25) is 10.0 Å². The molecule has 7 heteroatoms. The van der Waals surface area contributed by atoms with Crippen LogP contribution < -0.4 is 5.14 Å². The Labute approximate surface area is 123 Å². The number of phenolic OH excluding ortho intramolecular Hbond substituents is 1. The number of aromatic hydroxyl groups is 1. The van der Waals surface area contributed by atoms with E-state index in [-0.39, 0.29) is 10.6 Å². The Morgan fingerprint density at radius 1 is 0.952 bits per heavy atom. The van der Waals surface area contributed by atoms with Crippen LogP contribution in [0.3, 0.4) is 0 Å². The lowest BCUT2D eigenvalue weighted by molar-refractivity contribution is 0.467. The minimum atomic E-state index is -3.70. The van der Waals surface area contributed by atoms with Gasteiger partial charge in [0.25, 0.3) is 0 Å². The van der Waals surface area contributed by atoms with E-state index in [1.54, 1.807) is 26.0 Å². The second kappa shape index (κ2) is 5.63. The Kier molecular flexibility index (Phi) is 4.06. The maximum atomic E-state index is 11.1. The Balaban J connectivity index is 2.26. The zero-order valence-electron chi connectivity index (χ0n) is 11.6. The molecule has 6 nitrogen and oxygen atoms in total. The smallest absolute Gasteiger partial charge is 0.238 e. The summed E-state index contributed by atoms with van der Waals surface area (Å²) in [6, 6.07) is 9.20. The molecular formula is C14H15N3O3S. The number of phenols is 1. The second-order valence-electron chi connectivity index (χ2n) is 4.67. The zero-order chi connectivity index (χ0) is 15.6. The quantitative estimate of drug-likeness (QED) is 0.851. The van der Waals surface area contributed by atoms with Crippen LogP contribution in [0.25, 0.3) is 0 Å². The van der Waals surface area contributed by atoms with Crippen molar-refractivity contribution in [2.24, 2.45) is 15.4 Å². The molecule has 0 aliphatic heterocycles. The summed E-state index contributed by atoms with van der Waals surface area (Å²) >= 11 is 0. The molecule has 0 amide bonds. The summed E-state index contributed by atoms with van der Waals surface area (Å²) in [6.07, 6.45) is 0. The van der Waals surface area contributed by atoms with Gasteiger partial charge in [-0.15, -0.1) is 0 Å². The number of hydrogen-bond donors (Lipinski definition) is 2. The Morgan fingerprint density at radius 2 is 1.43 bits per heavy atom. The molecule has 0 radical (unpaired) electrons. The van der Waals surface area contributed by atoms with Gasteiger partial charge in [0.05, 0.1) is 16.3 Å². The highest BCUT2D eigenvalue weighted by molar-refractivity contribution is 7.89. The van der Waals surface area contributed by atoms with Crippen LogP contribution in [-0.2, 0) is 10.0 Å². The molecule has 0 aliphatic rings. The molecule has 0 spiro atoms. The number of rotatable bonds is 3. The third-order valence-electron chi connectivity index (χ3n) is 2.92. The fraction of sp³-hybridized carbons (Fsp3) is 0.143. The minimum absolute atomic E-state index is 0.0257. The average molecular weight is 305 g/mol. The average Bonchev–Trinajstić information content (AvgIpc) is 2.42. The maximum absolute atomic E-state index is 11.1. The van der Waals surface area contributed by atoms with Crippen molar-refractivity contribution in [2.75, 3.05) is 0 Å². The molecule has 110 valence electrons. The first-order valence-electron chi connectivity index (χ1n) is 6.12. The lowest BCUT2D eigenvalue weighted by Crippen LogP contribution is -2.11. The molecule has 0 unspecified atom stereocenters. The zero-order valence-corrected chi connectivity index (χ0v) is 12.4. The Hall–Kier alpha value is -2.25. The molecule has 2 aromatic rings. The number of azo groups is 1. The lowest BCUT2D eigenvalue weighted by atomic mass is 10.1. The van der Waals surface area contributed by atoms with Crippen LogP contribution >= 0.6 is 0 Å². The summed E-state index contributed by atoms with van der Waals surface area (Å²) < 4.78 is 22.3. The fourth-order valence-electron chi connectivity index (χ4n) is 1.81. The molecule has 0 heterocycles. The molecule has 0 atom stereocenters. The van der Waals surface area contributed by atoms with Gasteiger partial charge >= 0.3 is 0 Å². The van der Waals surface area contributed by atoms with Gasteiger partial charge < -0.3 is 5.11 Å². The first-order valence-corrected chi connectivity index (χ1v) is 7.67. The highest BCUT2D eigenvalue weighted by Gasteiger charge is 2.06. The number of sulfonamides is 1. The van der Waals surface area contributed by atoms with Crippen molar-refractivity contribution >= 4 is 21.4 Å². The summed E-state index contributed by atoms with van der Waals surface area (Å²) in [6.45, 7) is 3.56. The van der Waals surface area contributed by atoms with Gasteiger partial charge in [-0.3, -0.25) is 0 Å². The topological polar surface area (TPSA) is 105 Å². The predicted molar refractivity (Wildman–Crippen MR) is 79.6 cm³/mol. The molecule has 0 saturated heterocycles. The summed E-state index contributed by atoms with van der Waals surface area (Å²) in [7, 11) is -3.70. The largest absolute Gasteiger partial charge is 0.507 e. The first kappa shape index (κ1) is 15.1. The SMILES string of the molecule is Cc1cc(N=Nc2ccc(S(N)(=O)=O)cc2)cc(C)c1O. The van der Waals surface area contributed by atoms with E-state index in [1.807, 2.05) is 0 Å². The van der Waals surface area contributed by atoms with E-state index in [0.29, 0.717) is 22.5 Å². The molecule has 2 aromatic carbocycles. The van der Waals surface area contributed by atoms with E-state index in [2.05, 4.69) is 10.2 Å². The molecule has 3 N–H and O–H groups in total. The predicted octanol–water partition coefficient (Wildman–Crippen LogP) is 3.07. The first-order chi connectivity index (χ1) is 9.77. The number of hydrogen-bond acceptors (Lipinski definition) is 5. The molecule has 2 rings (SSSR count). The summed E-state index contributed by atoms with van der Waals surface area (Å²) in [5.41, 5.74) is 2.55. The van der Waals surface area contributed by atoms with Crippen LogP contribution in [0, 0.1) is 13.8 Å². The third kappa shape index (κ3) is 3.65. The van der Waals surface area contributed by atoms with Gasteiger partial charge in [0, 0.05) is 0 Å². The van der Waals surface area contributed by atoms with Crippen LogP contribution in [-0.4, -0.2) is 13.5 Å². The molecule has 21 heavy (non-hydrogen) atoms. The van der Waals surface area contributed by atoms with E-state index in [9.17, 15) is 13.5 Å². The van der Waals surface area contributed by atoms with Gasteiger partial charge in [-0.25, -0.2) is 13.6 Å². The van der Waals surface area contributed by atoms with Crippen LogP contribution in [0.1, 0.15) is 11.1 Å². The van der Waals surface area contributed by atoms with E-state index < -0.39 is 10.0 Å². The van der Waals surface area contributed by atoms with Crippen LogP contribution in [0.2, 0.25) is 0 Å². The van der Waals surface area contributed by atoms with Gasteiger partial charge in [0.1, 0.15) is 5.75 Å². The molecule has 0 saturated carbocycles. The lowest BCUT2D eigenvalue weighted by Gasteiger charge is -2.03. The van der Waals surface area contributed by atoms with Crippen LogP contribution in [0.5, 0.6) is 5.75 Å². The van der Waals surface area contributed by atoms with Crippen molar-refractivity contribution < 1.29 is 13.5 Å². The summed E-state index contributed by atoms with van der Waals surface area (Å²) in [5, 5.41) is 22.8. The van der Waals surface area contributed by atoms with Crippen molar-refractivity contribution in [3.63, 3.8) is 0 Å². The number of benzene rings is 2. The monoisotopic (exact) mass is 305 g/mol. The van der Waals surface area contributed by atoms with Gasteiger partial charge in [0.15, 0.2) is 0 Å². The fourth-order valence-corrected chi connectivity index (χ4v) is 2.32. The number of nitrogens with two attached hydrogens (primary N) is 1. The van der Waals surface area contributed by atoms with Crippen molar-refractivity contribution in [2.45, 2.75) is 18.7 Å². The summed E-state index contributed by atoms with van der Waals surface area (Å²) in [4.78, 5) is 0.0257. The minimum Gasteiger partial charge on any atom is -0.507 e. The van der Waals surface area contributed by atoms with Gasteiger partial charge in [-0.05, 0) is 61.4 Å². The Bertz CT molecular complexity index is 774. The van der Waals surface area contributed by atoms with Gasteiger partial charge in [-0.2, -0.15) is 10.2 Å². The number of nitrogens with zero attached hydrogens (tertiary/aromatic N) is 2. The number of aryl methyl sites for hydroxylation is 2. The van der Waals surface area contributed by atoms with Crippen LogP contribution in [0.4, 0.5) is 11.4 Å². The van der Waals surface area contributed by atoms with Crippen LogP contribution in [0.15, 0.2) is 51.5 Å². The Morgan fingerprint density at radius 3 is 1.90 bits per heavy atom. The van der Waals surface area contributed by atoms with Crippen molar-refractivity contribution in [1.29, 1.82) is 0 Å². The van der Waals surface area contributed by atoms with Crippen molar-refractivity contribution in [1.82, 2.24) is 0 Å². The standard InChI is InChI=1S/C14H15N3O3S/c1-9-7-12(8-10(2)14(9)18)17-16-11-3-5-13(6-4-11)21(15,19)20/h3-8,18H,1-2H3,(H2,15,19,20). The molecule has 0 bridgehead atoms. The number of primary sulfonamides is 1. The van der Waals surface area contributed by atoms with E-state index in [4.69, 9.17) is 5.14 Å². The van der Waals surface area contributed by atoms with Crippen molar-refractivity contribution in [3.8, 4) is 5.75 Å². The van der Waals surface area contributed by atoms with Crippen molar-refractivity contribution in [3.05, 3.63) is 47.5 Å². The highest BCUT2D eigenvalue weighted by atomic mass is 32.2.